The molecule has 0 aromatic rings. The minimum absolute atomic E-state index is 0.0651. The van der Waals surface area contributed by atoms with Crippen molar-refractivity contribution in [2.24, 2.45) is 5.92 Å². The summed E-state index contributed by atoms with van der Waals surface area (Å²) in [5, 5.41) is 0. The van der Waals surface area contributed by atoms with E-state index in [0.717, 1.165) is 19.6 Å². The molecule has 0 atom stereocenters. The number of methoxy groups -OCH3 is 1. The van der Waals surface area contributed by atoms with Gasteiger partial charge in [-0.25, -0.2) is 0 Å². The summed E-state index contributed by atoms with van der Waals surface area (Å²) in [6, 6.07) is 0. The minimum Gasteiger partial charge on any atom is -0.469 e. The second kappa shape index (κ2) is 3.01. The normalized spacial score (nSPS) is 20.2. The van der Waals surface area contributed by atoms with Gasteiger partial charge >= 0.3 is 5.97 Å². The molecule has 1 aliphatic rings. The Bertz CT molecular complexity index is 130. The molecule has 0 amide bonds. The maximum absolute atomic E-state index is 10.8. The van der Waals surface area contributed by atoms with Gasteiger partial charge in [-0.05, 0) is 6.54 Å². The molecule has 0 aromatic heterocycles. The van der Waals surface area contributed by atoms with Gasteiger partial charge in [-0.2, -0.15) is 0 Å². The van der Waals surface area contributed by atoms with Gasteiger partial charge in [0.2, 0.25) is 0 Å². The molecule has 3 heteroatoms. The largest absolute Gasteiger partial charge is 0.469 e. The first-order valence-electron chi connectivity index (χ1n) is 3.58. The molecule has 0 radical (unpaired) electrons. The maximum atomic E-state index is 10.8. The third-order valence-electron chi connectivity index (χ3n) is 1.94. The summed E-state index contributed by atoms with van der Waals surface area (Å²) in [4.78, 5) is 13.0. The molecule has 0 N–H and O–H groups in total. The predicted octanol–water partition coefficient (Wildman–Crippen LogP) is 0.111. The Morgan fingerprint density at radius 3 is 2.70 bits per heavy atom. The van der Waals surface area contributed by atoms with Crippen LogP contribution in [-0.2, 0) is 9.53 Å². The Balaban J connectivity index is 2.19. The molecule has 0 aliphatic carbocycles. The molecule has 0 aromatic carbocycles. The van der Waals surface area contributed by atoms with Crippen molar-refractivity contribution in [3.63, 3.8) is 0 Å². The van der Waals surface area contributed by atoms with Crippen LogP contribution in [0.15, 0.2) is 0 Å². The fraction of sp³-hybridized carbons (Fsp3) is 0.857. The first-order valence-corrected chi connectivity index (χ1v) is 3.58. The molecule has 0 unspecified atom stereocenters. The van der Waals surface area contributed by atoms with Gasteiger partial charge in [0.1, 0.15) is 0 Å². The fourth-order valence-corrected chi connectivity index (χ4v) is 1.14. The Kier molecular flexibility index (Phi) is 2.27. The average Bonchev–Trinajstić information content (AvgIpc) is 1.85. The first kappa shape index (κ1) is 7.54. The SMILES string of the molecule is CCN1CC(C(=O)OC)C1. The number of esters is 1. The third kappa shape index (κ3) is 1.29. The molecule has 0 bridgehead atoms. The smallest absolute Gasteiger partial charge is 0.311 e. The predicted molar refractivity (Wildman–Crippen MR) is 37.6 cm³/mol. The van der Waals surface area contributed by atoms with Gasteiger partial charge in [0.25, 0.3) is 0 Å². The molecule has 1 heterocycles. The van der Waals surface area contributed by atoms with Crippen LogP contribution in [0.25, 0.3) is 0 Å². The van der Waals surface area contributed by atoms with E-state index in [2.05, 4.69) is 16.6 Å². The van der Waals surface area contributed by atoms with Crippen LogP contribution in [-0.4, -0.2) is 37.6 Å². The van der Waals surface area contributed by atoms with Gasteiger partial charge in [-0.1, -0.05) is 6.92 Å². The van der Waals surface area contributed by atoms with Crippen molar-refractivity contribution in [2.45, 2.75) is 6.92 Å². The first-order chi connectivity index (χ1) is 4.77. The van der Waals surface area contributed by atoms with Gasteiger partial charge < -0.3 is 9.64 Å². The van der Waals surface area contributed by atoms with E-state index in [0.29, 0.717) is 0 Å². The quantitative estimate of drug-likeness (QED) is 0.514. The van der Waals surface area contributed by atoms with Gasteiger partial charge in [0.05, 0.1) is 13.0 Å². The van der Waals surface area contributed by atoms with E-state index < -0.39 is 0 Å². The molecule has 1 rings (SSSR count). The minimum atomic E-state index is -0.0651. The molecule has 3 nitrogen and oxygen atoms in total. The van der Waals surface area contributed by atoms with Crippen LogP contribution in [0.1, 0.15) is 6.92 Å². The number of hydrogen-bond donors (Lipinski definition) is 0. The summed E-state index contributed by atoms with van der Waals surface area (Å²) in [5.41, 5.74) is 0. The maximum Gasteiger partial charge on any atom is 0.311 e. The summed E-state index contributed by atoms with van der Waals surface area (Å²) in [7, 11) is 1.44. The van der Waals surface area contributed by atoms with Crippen molar-refractivity contribution in [1.29, 1.82) is 0 Å². The number of rotatable bonds is 2. The number of nitrogens with zero attached hydrogens (tertiary/aromatic N) is 1. The van der Waals surface area contributed by atoms with E-state index in [1.54, 1.807) is 0 Å². The van der Waals surface area contributed by atoms with E-state index in [9.17, 15) is 4.79 Å². The van der Waals surface area contributed by atoms with Crippen molar-refractivity contribution in [3.8, 4) is 0 Å². The standard InChI is InChI=1S/C7H13NO2/c1-3-8-4-6(5-8)7(9)10-2/h6H,3-5H2,1-2H3. The molecular formula is C7H13NO2. The number of hydrogen-bond acceptors (Lipinski definition) is 3. The Morgan fingerprint density at radius 1 is 1.70 bits per heavy atom. The molecule has 58 valence electrons. The lowest BCUT2D eigenvalue weighted by Crippen LogP contribution is -2.50. The van der Waals surface area contributed by atoms with Crippen molar-refractivity contribution < 1.29 is 9.53 Å². The number of likely N-dealkylation sites (tertiary alicyclic amines) is 1. The van der Waals surface area contributed by atoms with Crippen molar-refractivity contribution >= 4 is 5.97 Å². The summed E-state index contributed by atoms with van der Waals surface area (Å²) in [6.45, 7) is 4.88. The highest BCUT2D eigenvalue weighted by molar-refractivity contribution is 5.73. The van der Waals surface area contributed by atoms with Gasteiger partial charge in [0.15, 0.2) is 0 Å². The zero-order valence-corrected chi connectivity index (χ0v) is 6.46. The second-order valence-electron chi connectivity index (χ2n) is 2.57. The van der Waals surface area contributed by atoms with Crippen molar-refractivity contribution in [2.75, 3.05) is 26.7 Å². The lowest BCUT2D eigenvalue weighted by molar-refractivity contribution is -0.151. The summed E-state index contributed by atoms with van der Waals surface area (Å²) in [5.74, 6) is 0.0784. The monoisotopic (exact) mass is 143 g/mol. The molecular weight excluding hydrogens is 130 g/mol. The second-order valence-corrected chi connectivity index (χ2v) is 2.57. The van der Waals surface area contributed by atoms with Crippen LogP contribution in [0.3, 0.4) is 0 Å². The molecule has 1 saturated heterocycles. The van der Waals surface area contributed by atoms with Crippen molar-refractivity contribution in [1.82, 2.24) is 4.90 Å². The fourth-order valence-electron chi connectivity index (χ4n) is 1.14. The summed E-state index contributed by atoms with van der Waals surface area (Å²) in [6.07, 6.45) is 0. The topological polar surface area (TPSA) is 29.5 Å². The van der Waals surface area contributed by atoms with Crippen LogP contribution in [0.5, 0.6) is 0 Å². The van der Waals surface area contributed by atoms with E-state index in [-0.39, 0.29) is 11.9 Å². The molecule has 0 saturated carbocycles. The lowest BCUT2D eigenvalue weighted by Gasteiger charge is -2.36. The highest BCUT2D eigenvalue weighted by Crippen LogP contribution is 2.15. The van der Waals surface area contributed by atoms with E-state index in [1.165, 1.54) is 7.11 Å². The Labute approximate surface area is 61.0 Å². The molecule has 1 aliphatic heterocycles. The van der Waals surface area contributed by atoms with Crippen LogP contribution in [0, 0.1) is 5.92 Å². The van der Waals surface area contributed by atoms with Gasteiger partial charge in [-0.3, -0.25) is 4.79 Å². The third-order valence-corrected chi connectivity index (χ3v) is 1.94. The highest BCUT2D eigenvalue weighted by atomic mass is 16.5. The Morgan fingerprint density at radius 2 is 2.30 bits per heavy atom. The van der Waals surface area contributed by atoms with Crippen LogP contribution >= 0.6 is 0 Å². The summed E-state index contributed by atoms with van der Waals surface area (Å²) >= 11 is 0. The lowest BCUT2D eigenvalue weighted by atomic mass is 10.0. The highest BCUT2D eigenvalue weighted by Gasteiger charge is 2.31. The van der Waals surface area contributed by atoms with E-state index in [1.807, 2.05) is 0 Å². The van der Waals surface area contributed by atoms with E-state index >= 15 is 0 Å². The molecule has 0 spiro atoms. The average molecular weight is 143 g/mol. The van der Waals surface area contributed by atoms with Crippen LogP contribution < -0.4 is 0 Å². The number of ether oxygens (including phenoxy) is 1. The van der Waals surface area contributed by atoms with Gasteiger partial charge in [0, 0.05) is 13.1 Å². The molecule has 1 fully saturated rings. The number of carbonyl (C=O) groups is 1. The zero-order valence-electron chi connectivity index (χ0n) is 6.46. The van der Waals surface area contributed by atoms with Crippen molar-refractivity contribution in [3.05, 3.63) is 0 Å². The van der Waals surface area contributed by atoms with E-state index in [4.69, 9.17) is 0 Å². The van der Waals surface area contributed by atoms with Gasteiger partial charge in [-0.15, -0.1) is 0 Å². The molecule has 10 heavy (non-hydrogen) atoms. The summed E-state index contributed by atoms with van der Waals surface area (Å²) < 4.78 is 4.58. The Hall–Kier alpha value is -0.570. The number of carbonyl (C=O) groups excluding carboxylic acids is 1. The van der Waals surface area contributed by atoms with Crippen LogP contribution in [0.2, 0.25) is 0 Å². The zero-order chi connectivity index (χ0) is 7.56. The van der Waals surface area contributed by atoms with Crippen LogP contribution in [0.4, 0.5) is 0 Å².